The Morgan fingerprint density at radius 1 is 1.65 bits per heavy atom. The van der Waals surface area contributed by atoms with Gasteiger partial charge in [0, 0.05) is 17.1 Å². The van der Waals surface area contributed by atoms with Crippen LogP contribution in [0.4, 0.5) is 4.39 Å². The first-order valence-corrected chi connectivity index (χ1v) is 5.82. The van der Waals surface area contributed by atoms with E-state index in [0.717, 1.165) is 0 Å². The van der Waals surface area contributed by atoms with Crippen LogP contribution in [0, 0.1) is 5.82 Å². The number of likely N-dealkylation sites (N-methyl/N-ethyl adjacent to an activating group) is 1. The van der Waals surface area contributed by atoms with Crippen molar-refractivity contribution >= 4 is 28.8 Å². The van der Waals surface area contributed by atoms with Crippen LogP contribution in [0.1, 0.15) is 11.6 Å². The first kappa shape index (κ1) is 14.3. The Labute approximate surface area is 110 Å². The van der Waals surface area contributed by atoms with E-state index in [1.54, 1.807) is 18.0 Å². The molecule has 0 aliphatic rings. The van der Waals surface area contributed by atoms with Gasteiger partial charge in [0.1, 0.15) is 5.82 Å². The number of hydrogen-bond acceptors (Lipinski definition) is 3. The van der Waals surface area contributed by atoms with Crippen molar-refractivity contribution in [3.63, 3.8) is 0 Å². The lowest BCUT2D eigenvalue weighted by Crippen LogP contribution is -2.36. The van der Waals surface area contributed by atoms with Crippen molar-refractivity contribution in [2.75, 3.05) is 20.2 Å². The molecule has 0 saturated carbocycles. The third kappa shape index (κ3) is 3.35. The number of benzene rings is 1. The van der Waals surface area contributed by atoms with Gasteiger partial charge in [0.15, 0.2) is 0 Å². The second-order valence-electron chi connectivity index (χ2n) is 3.64. The molecule has 94 valence electrons. The van der Waals surface area contributed by atoms with E-state index in [9.17, 15) is 4.39 Å². The summed E-state index contributed by atoms with van der Waals surface area (Å²) in [7, 11) is 1.70. The van der Waals surface area contributed by atoms with Crippen molar-refractivity contribution in [2.24, 2.45) is 5.73 Å². The van der Waals surface area contributed by atoms with Gasteiger partial charge in [0.2, 0.25) is 0 Å². The molecule has 0 amide bonds. The van der Waals surface area contributed by atoms with Crippen molar-refractivity contribution in [3.8, 4) is 0 Å². The Morgan fingerprint density at radius 2 is 2.29 bits per heavy atom. The van der Waals surface area contributed by atoms with Crippen molar-refractivity contribution < 1.29 is 9.50 Å². The van der Waals surface area contributed by atoms with Gasteiger partial charge in [0.25, 0.3) is 0 Å². The highest BCUT2D eigenvalue weighted by Gasteiger charge is 2.25. The second-order valence-corrected chi connectivity index (χ2v) is 4.52. The van der Waals surface area contributed by atoms with Gasteiger partial charge in [-0.3, -0.25) is 4.90 Å². The molecular formula is C11H14ClFN2OS. The van der Waals surface area contributed by atoms with Gasteiger partial charge in [0.05, 0.1) is 17.6 Å². The fraction of sp³-hybridized carbons (Fsp3) is 0.364. The zero-order valence-electron chi connectivity index (χ0n) is 9.36. The summed E-state index contributed by atoms with van der Waals surface area (Å²) in [6.45, 7) is 0.258. The highest BCUT2D eigenvalue weighted by molar-refractivity contribution is 7.80. The van der Waals surface area contributed by atoms with Gasteiger partial charge >= 0.3 is 0 Å². The molecule has 1 aromatic rings. The molecule has 1 unspecified atom stereocenters. The highest BCUT2D eigenvalue weighted by atomic mass is 35.5. The van der Waals surface area contributed by atoms with Crippen molar-refractivity contribution in [1.29, 1.82) is 0 Å². The number of thiocarbonyl (C=S) groups is 1. The lowest BCUT2D eigenvalue weighted by atomic mass is 10.0. The Balaban J connectivity index is 3.18. The molecule has 1 rings (SSSR count). The monoisotopic (exact) mass is 276 g/mol. The van der Waals surface area contributed by atoms with Crippen LogP contribution in [0.15, 0.2) is 18.2 Å². The molecule has 1 aromatic carbocycles. The van der Waals surface area contributed by atoms with Crippen LogP contribution in [0.5, 0.6) is 0 Å². The Hall–Kier alpha value is -0.750. The topological polar surface area (TPSA) is 49.5 Å². The zero-order chi connectivity index (χ0) is 13.0. The maximum absolute atomic E-state index is 13.8. The summed E-state index contributed by atoms with van der Waals surface area (Å²) in [5.74, 6) is -0.458. The van der Waals surface area contributed by atoms with Crippen LogP contribution in [0.3, 0.4) is 0 Å². The third-order valence-corrected chi connectivity index (χ3v) is 2.99. The average Bonchev–Trinajstić information content (AvgIpc) is 2.23. The first-order chi connectivity index (χ1) is 7.99. The minimum absolute atomic E-state index is 0.0678. The Kier molecular flexibility index (Phi) is 5.27. The number of halogens is 2. The molecule has 6 heteroatoms. The fourth-order valence-electron chi connectivity index (χ4n) is 1.64. The second kappa shape index (κ2) is 6.26. The van der Waals surface area contributed by atoms with E-state index in [4.69, 9.17) is 34.7 Å². The Morgan fingerprint density at radius 3 is 2.76 bits per heavy atom. The lowest BCUT2D eigenvalue weighted by molar-refractivity contribution is 0.205. The molecule has 1 atom stereocenters. The molecule has 3 N–H and O–H groups in total. The molecule has 0 spiro atoms. The SMILES string of the molecule is CN(CCO)C(C(N)=S)c1c(F)cccc1Cl. The largest absolute Gasteiger partial charge is 0.395 e. The quantitative estimate of drug-likeness (QED) is 0.804. The molecule has 0 bridgehead atoms. The molecular weight excluding hydrogens is 263 g/mol. The van der Waals surface area contributed by atoms with Crippen LogP contribution >= 0.6 is 23.8 Å². The molecule has 17 heavy (non-hydrogen) atoms. The Bertz CT molecular complexity index is 396. The number of nitrogens with zero attached hydrogens (tertiary/aromatic N) is 1. The van der Waals surface area contributed by atoms with E-state index >= 15 is 0 Å². The summed E-state index contributed by atoms with van der Waals surface area (Å²) in [6, 6.07) is 3.78. The summed E-state index contributed by atoms with van der Waals surface area (Å²) in [5, 5.41) is 9.17. The molecule has 0 saturated heterocycles. The predicted molar refractivity (Wildman–Crippen MR) is 70.7 cm³/mol. The summed E-state index contributed by atoms with van der Waals surface area (Å²) >= 11 is 10.9. The lowest BCUT2D eigenvalue weighted by Gasteiger charge is -2.27. The van der Waals surface area contributed by atoms with Gasteiger partial charge in [-0.1, -0.05) is 29.9 Å². The molecule has 0 aliphatic heterocycles. The summed E-state index contributed by atoms with van der Waals surface area (Å²) in [6.07, 6.45) is 0. The highest BCUT2D eigenvalue weighted by Crippen LogP contribution is 2.29. The minimum atomic E-state index is -0.620. The van der Waals surface area contributed by atoms with Gasteiger partial charge in [-0.05, 0) is 19.2 Å². The van der Waals surface area contributed by atoms with Crippen LogP contribution in [-0.4, -0.2) is 35.2 Å². The molecule has 3 nitrogen and oxygen atoms in total. The van der Waals surface area contributed by atoms with Crippen molar-refractivity contribution in [2.45, 2.75) is 6.04 Å². The fourth-order valence-corrected chi connectivity index (χ4v) is 2.20. The average molecular weight is 277 g/mol. The van der Waals surface area contributed by atoms with Crippen molar-refractivity contribution in [3.05, 3.63) is 34.6 Å². The standard InChI is InChI=1S/C11H14ClFN2OS/c1-15(5-6-16)10(11(14)17)9-7(12)3-2-4-8(9)13/h2-4,10,16H,5-6H2,1H3,(H2,14,17). The van der Waals surface area contributed by atoms with Crippen LogP contribution < -0.4 is 5.73 Å². The predicted octanol–water partition coefficient (Wildman–Crippen LogP) is 1.73. The van der Waals surface area contributed by atoms with Crippen LogP contribution in [0.2, 0.25) is 5.02 Å². The van der Waals surface area contributed by atoms with E-state index in [2.05, 4.69) is 0 Å². The maximum Gasteiger partial charge on any atom is 0.129 e. The molecule has 0 heterocycles. The smallest absolute Gasteiger partial charge is 0.129 e. The third-order valence-electron chi connectivity index (χ3n) is 2.44. The number of rotatable bonds is 5. The summed E-state index contributed by atoms with van der Waals surface area (Å²) in [5.41, 5.74) is 5.87. The van der Waals surface area contributed by atoms with Gasteiger partial charge in [-0.15, -0.1) is 0 Å². The molecule has 0 radical (unpaired) electrons. The van der Waals surface area contributed by atoms with E-state index < -0.39 is 11.9 Å². The van der Waals surface area contributed by atoms with Crippen LogP contribution in [0.25, 0.3) is 0 Å². The number of aliphatic hydroxyl groups is 1. The van der Waals surface area contributed by atoms with E-state index in [0.29, 0.717) is 6.54 Å². The zero-order valence-corrected chi connectivity index (χ0v) is 10.9. The normalized spacial score (nSPS) is 12.8. The van der Waals surface area contributed by atoms with Crippen molar-refractivity contribution in [1.82, 2.24) is 4.90 Å². The van der Waals surface area contributed by atoms with Gasteiger partial charge < -0.3 is 10.8 Å². The molecule has 0 aromatic heterocycles. The number of nitrogens with two attached hydrogens (primary N) is 1. The maximum atomic E-state index is 13.8. The number of hydrogen-bond donors (Lipinski definition) is 2. The van der Waals surface area contributed by atoms with E-state index in [-0.39, 0.29) is 22.2 Å². The molecule has 0 fully saturated rings. The van der Waals surface area contributed by atoms with Gasteiger partial charge in [-0.25, -0.2) is 4.39 Å². The first-order valence-electron chi connectivity index (χ1n) is 5.03. The van der Waals surface area contributed by atoms with Crippen LogP contribution in [-0.2, 0) is 0 Å². The van der Waals surface area contributed by atoms with Gasteiger partial charge in [-0.2, -0.15) is 0 Å². The minimum Gasteiger partial charge on any atom is -0.395 e. The van der Waals surface area contributed by atoms with E-state index in [1.807, 2.05) is 0 Å². The summed E-state index contributed by atoms with van der Waals surface area (Å²) < 4.78 is 13.8. The van der Waals surface area contributed by atoms with E-state index in [1.165, 1.54) is 12.1 Å². The molecule has 0 aliphatic carbocycles. The summed E-state index contributed by atoms with van der Waals surface area (Å²) in [4.78, 5) is 1.78. The number of aliphatic hydroxyl groups excluding tert-OH is 1.